The van der Waals surface area contributed by atoms with Gasteiger partial charge < -0.3 is 4.90 Å². The van der Waals surface area contributed by atoms with Crippen LogP contribution in [0.25, 0.3) is 0 Å². The Balaban J connectivity index is 0. The molecule has 1 unspecified atom stereocenters. The summed E-state index contributed by atoms with van der Waals surface area (Å²) in [6, 6.07) is 0.736. The quantitative estimate of drug-likeness (QED) is 0.556. The molecule has 0 aromatic carbocycles. The van der Waals surface area contributed by atoms with E-state index in [-0.39, 0.29) is 0 Å². The van der Waals surface area contributed by atoms with E-state index in [4.69, 9.17) is 0 Å². The van der Waals surface area contributed by atoms with Crippen LogP contribution >= 0.6 is 0 Å². The van der Waals surface area contributed by atoms with Crippen molar-refractivity contribution in [2.24, 2.45) is 0 Å². The van der Waals surface area contributed by atoms with Crippen molar-refractivity contribution < 1.29 is 0 Å². The molecule has 0 aliphatic rings. The highest BCUT2D eigenvalue weighted by Gasteiger charge is 1.96. The van der Waals surface area contributed by atoms with Crippen LogP contribution < -0.4 is 0 Å². The minimum Gasteiger partial charge on any atom is -0.307 e. The summed E-state index contributed by atoms with van der Waals surface area (Å²) in [6.45, 7) is 8.42. The van der Waals surface area contributed by atoms with E-state index >= 15 is 0 Å². The molecule has 0 spiro atoms. The first-order chi connectivity index (χ1) is 4.18. The summed E-state index contributed by atoms with van der Waals surface area (Å²) in [5.74, 6) is 0. The molecule has 0 N–H and O–H groups in total. The van der Waals surface area contributed by atoms with Crippen LogP contribution in [0.3, 0.4) is 0 Å². The first-order valence-electron chi connectivity index (χ1n) is 3.85. The van der Waals surface area contributed by atoms with Gasteiger partial charge in [-0.15, -0.1) is 0 Å². The summed E-state index contributed by atoms with van der Waals surface area (Å²) < 4.78 is 0. The van der Waals surface area contributed by atoms with Crippen molar-refractivity contribution in [3.63, 3.8) is 0 Å². The van der Waals surface area contributed by atoms with Crippen molar-refractivity contribution in [3.05, 3.63) is 0 Å². The molecule has 9 heavy (non-hydrogen) atoms. The lowest BCUT2D eigenvalue weighted by molar-refractivity contribution is 0.307. The van der Waals surface area contributed by atoms with Crippen molar-refractivity contribution >= 4 is 0 Å². The van der Waals surface area contributed by atoms with Crippen molar-refractivity contribution in [2.75, 3.05) is 14.1 Å². The Hall–Kier alpha value is -0.0400. The largest absolute Gasteiger partial charge is 0.307 e. The third-order valence-electron chi connectivity index (χ3n) is 1.47. The molecule has 0 aliphatic heterocycles. The highest BCUT2D eigenvalue weighted by atomic mass is 15.1. The predicted molar refractivity (Wildman–Crippen MR) is 44.8 cm³/mol. The lowest BCUT2D eigenvalue weighted by atomic mass is 10.2. The Morgan fingerprint density at radius 3 is 1.56 bits per heavy atom. The van der Waals surface area contributed by atoms with Crippen molar-refractivity contribution in [1.82, 2.24) is 4.90 Å². The summed E-state index contributed by atoms with van der Waals surface area (Å²) in [7, 11) is 4.21. The van der Waals surface area contributed by atoms with Gasteiger partial charge in [-0.2, -0.15) is 0 Å². The average molecular weight is 131 g/mol. The Labute approximate surface area is 60.1 Å². The van der Waals surface area contributed by atoms with Crippen molar-refractivity contribution in [3.8, 4) is 0 Å². The van der Waals surface area contributed by atoms with Gasteiger partial charge in [-0.05, 0) is 27.4 Å². The van der Waals surface area contributed by atoms with Crippen LogP contribution in [0, 0.1) is 0 Å². The Morgan fingerprint density at radius 2 is 1.56 bits per heavy atom. The summed E-state index contributed by atoms with van der Waals surface area (Å²) in [6.07, 6.45) is 1.24. The zero-order valence-electron chi connectivity index (χ0n) is 7.73. The number of rotatable bonds is 2. The molecule has 0 aromatic heterocycles. The van der Waals surface area contributed by atoms with Gasteiger partial charge in [0.05, 0.1) is 0 Å². The van der Waals surface area contributed by atoms with Crippen LogP contribution in [-0.2, 0) is 0 Å². The monoisotopic (exact) mass is 131 g/mol. The van der Waals surface area contributed by atoms with Gasteiger partial charge in [0.1, 0.15) is 0 Å². The fraction of sp³-hybridized carbons (Fsp3) is 1.00. The van der Waals surface area contributed by atoms with E-state index in [2.05, 4.69) is 32.8 Å². The van der Waals surface area contributed by atoms with Crippen LogP contribution in [0.5, 0.6) is 0 Å². The molecule has 0 saturated carbocycles. The zero-order valence-corrected chi connectivity index (χ0v) is 7.73. The van der Waals surface area contributed by atoms with Crippen molar-refractivity contribution in [2.45, 2.75) is 40.2 Å². The number of nitrogens with zero attached hydrogens (tertiary/aromatic N) is 1. The Morgan fingerprint density at radius 1 is 1.22 bits per heavy atom. The van der Waals surface area contributed by atoms with E-state index in [0.29, 0.717) is 0 Å². The molecule has 58 valence electrons. The number of hydrogen-bond donors (Lipinski definition) is 0. The number of hydrogen-bond acceptors (Lipinski definition) is 1. The van der Waals surface area contributed by atoms with E-state index in [1.165, 1.54) is 6.42 Å². The molecule has 0 bridgehead atoms. The summed E-state index contributed by atoms with van der Waals surface area (Å²) in [5.41, 5.74) is 0. The molecule has 0 fully saturated rings. The second-order valence-corrected chi connectivity index (χ2v) is 2.22. The maximum atomic E-state index is 2.22. The van der Waals surface area contributed by atoms with Crippen LogP contribution in [0.4, 0.5) is 0 Å². The third-order valence-corrected chi connectivity index (χ3v) is 1.47. The van der Waals surface area contributed by atoms with Crippen LogP contribution in [0.1, 0.15) is 34.1 Å². The molecule has 1 atom stereocenters. The first-order valence-corrected chi connectivity index (χ1v) is 3.85. The minimum absolute atomic E-state index is 0.736. The molecule has 0 aromatic rings. The second-order valence-electron chi connectivity index (χ2n) is 2.22. The summed E-state index contributed by atoms with van der Waals surface area (Å²) >= 11 is 0. The van der Waals surface area contributed by atoms with E-state index in [0.717, 1.165) is 6.04 Å². The highest BCUT2D eigenvalue weighted by molar-refractivity contribution is 4.53. The standard InChI is InChI=1S/C6H15N.C2H6/c1-5-6(2)7(3)4;1-2/h6H,5H2,1-4H3;1-2H3. The van der Waals surface area contributed by atoms with Gasteiger partial charge in [0.15, 0.2) is 0 Å². The van der Waals surface area contributed by atoms with Crippen LogP contribution in [0.15, 0.2) is 0 Å². The lowest BCUT2D eigenvalue weighted by Gasteiger charge is -2.16. The van der Waals surface area contributed by atoms with Gasteiger partial charge in [-0.3, -0.25) is 0 Å². The lowest BCUT2D eigenvalue weighted by Crippen LogP contribution is -2.23. The molecule has 1 nitrogen and oxygen atoms in total. The molecule has 0 saturated heterocycles. The molecular formula is C8H21N. The molecule has 0 aliphatic carbocycles. The Bertz CT molecular complexity index is 41.8. The summed E-state index contributed by atoms with van der Waals surface area (Å²) in [5, 5.41) is 0. The zero-order chi connectivity index (χ0) is 7.86. The SMILES string of the molecule is CC.CCC(C)N(C)C. The first kappa shape index (κ1) is 11.7. The molecule has 0 heterocycles. The van der Waals surface area contributed by atoms with E-state index < -0.39 is 0 Å². The fourth-order valence-corrected chi connectivity index (χ4v) is 0.365. The maximum absolute atomic E-state index is 2.22. The highest BCUT2D eigenvalue weighted by Crippen LogP contribution is 1.93. The van der Waals surface area contributed by atoms with E-state index in [9.17, 15) is 0 Å². The molecule has 0 amide bonds. The van der Waals surface area contributed by atoms with Gasteiger partial charge >= 0.3 is 0 Å². The predicted octanol–water partition coefficient (Wildman–Crippen LogP) is 2.37. The topological polar surface area (TPSA) is 3.24 Å². The second kappa shape index (κ2) is 7.96. The molecule has 0 radical (unpaired) electrons. The van der Waals surface area contributed by atoms with E-state index in [1.54, 1.807) is 0 Å². The maximum Gasteiger partial charge on any atom is 0.00582 e. The van der Waals surface area contributed by atoms with Crippen molar-refractivity contribution in [1.29, 1.82) is 0 Å². The fourth-order valence-electron chi connectivity index (χ4n) is 0.365. The molecule has 1 heteroatoms. The smallest absolute Gasteiger partial charge is 0.00582 e. The molecule has 0 rings (SSSR count). The Kier molecular flexibility index (Phi) is 10.4. The van der Waals surface area contributed by atoms with Gasteiger partial charge in [0, 0.05) is 6.04 Å². The normalized spacial score (nSPS) is 12.3. The van der Waals surface area contributed by atoms with E-state index in [1.807, 2.05) is 13.8 Å². The van der Waals surface area contributed by atoms with Gasteiger partial charge in [-0.1, -0.05) is 20.8 Å². The van der Waals surface area contributed by atoms with Gasteiger partial charge in [0.2, 0.25) is 0 Å². The third kappa shape index (κ3) is 7.96. The minimum atomic E-state index is 0.736. The van der Waals surface area contributed by atoms with Gasteiger partial charge in [-0.25, -0.2) is 0 Å². The van der Waals surface area contributed by atoms with Gasteiger partial charge in [0.25, 0.3) is 0 Å². The average Bonchev–Trinajstić information content (AvgIpc) is 1.91. The van der Waals surface area contributed by atoms with Crippen LogP contribution in [-0.4, -0.2) is 25.0 Å². The summed E-state index contributed by atoms with van der Waals surface area (Å²) in [4.78, 5) is 2.22. The molecular weight excluding hydrogens is 110 g/mol. The van der Waals surface area contributed by atoms with Crippen LogP contribution in [0.2, 0.25) is 0 Å².